The zero-order chi connectivity index (χ0) is 22.4. The summed E-state index contributed by atoms with van der Waals surface area (Å²) >= 11 is 0. The third kappa shape index (κ3) is 3.63. The van der Waals surface area contributed by atoms with Gasteiger partial charge in [0.2, 0.25) is 0 Å². The van der Waals surface area contributed by atoms with Gasteiger partial charge in [-0.05, 0) is 30.8 Å². The molecule has 9 heteroatoms. The number of hydrogen-bond acceptors (Lipinski definition) is 6. The van der Waals surface area contributed by atoms with Gasteiger partial charge in [-0.2, -0.15) is 5.10 Å². The lowest BCUT2D eigenvalue weighted by Crippen LogP contribution is -2.44. The van der Waals surface area contributed by atoms with Gasteiger partial charge in [0.05, 0.1) is 42.4 Å². The highest BCUT2D eigenvalue weighted by atomic mass is 16.5. The minimum absolute atomic E-state index is 0.00314. The smallest absolute Gasteiger partial charge is 0.257 e. The summed E-state index contributed by atoms with van der Waals surface area (Å²) in [5.41, 5.74) is 5.53. The van der Waals surface area contributed by atoms with Gasteiger partial charge in [-0.1, -0.05) is 0 Å². The van der Waals surface area contributed by atoms with E-state index in [9.17, 15) is 4.79 Å². The number of hydrogen-bond donors (Lipinski definition) is 1. The highest BCUT2D eigenvalue weighted by Gasteiger charge is 2.22. The molecule has 170 valence electrons. The van der Waals surface area contributed by atoms with Crippen LogP contribution in [0.5, 0.6) is 0 Å². The van der Waals surface area contributed by atoms with Crippen molar-refractivity contribution in [3.63, 3.8) is 0 Å². The molecule has 0 unspecified atom stereocenters. The predicted octanol–water partition coefficient (Wildman–Crippen LogP) is 2.10. The third-order valence-corrected chi connectivity index (χ3v) is 6.75. The number of likely N-dealkylation sites (N-methyl/N-ethyl adjacent to an activating group) is 1. The molecular formula is C24H27N7O2. The van der Waals surface area contributed by atoms with Gasteiger partial charge in [0, 0.05) is 62.6 Å². The Balaban J connectivity index is 1.37. The lowest BCUT2D eigenvalue weighted by atomic mass is 10.1. The number of amides is 1. The molecule has 1 N–H and O–H groups in total. The summed E-state index contributed by atoms with van der Waals surface area (Å²) < 4.78 is 7.16. The van der Waals surface area contributed by atoms with E-state index in [1.54, 1.807) is 10.7 Å². The van der Waals surface area contributed by atoms with E-state index in [1.807, 2.05) is 35.6 Å². The maximum absolute atomic E-state index is 13.1. The Kier molecular flexibility index (Phi) is 5.00. The number of H-pyrrole nitrogens is 1. The van der Waals surface area contributed by atoms with E-state index in [0.717, 1.165) is 59.5 Å². The lowest BCUT2D eigenvalue weighted by Gasteiger charge is -2.33. The topological polar surface area (TPSA) is 82.0 Å². The molecule has 4 aromatic heterocycles. The van der Waals surface area contributed by atoms with Crippen molar-refractivity contribution in [1.82, 2.24) is 29.4 Å². The number of pyridine rings is 2. The summed E-state index contributed by atoms with van der Waals surface area (Å²) in [5, 5.41) is 5.49. The monoisotopic (exact) mass is 445 g/mol. The number of piperazine rings is 1. The normalized spacial score (nSPS) is 17.8. The lowest BCUT2D eigenvalue weighted by molar-refractivity contribution is 0.0304. The molecular weight excluding hydrogens is 418 g/mol. The minimum atomic E-state index is 0.00314. The largest absolute Gasteiger partial charge is 0.378 e. The number of ether oxygens (including phenoxy) is 1. The Morgan fingerprint density at radius 2 is 1.88 bits per heavy atom. The molecule has 6 rings (SSSR count). The second-order valence-corrected chi connectivity index (χ2v) is 8.79. The van der Waals surface area contributed by atoms with Crippen LogP contribution in [-0.4, -0.2) is 94.8 Å². The summed E-state index contributed by atoms with van der Waals surface area (Å²) in [6.45, 7) is 6.47. The Morgan fingerprint density at radius 3 is 2.70 bits per heavy atom. The highest BCUT2D eigenvalue weighted by molar-refractivity contribution is 6.02. The van der Waals surface area contributed by atoms with Crippen LogP contribution in [0.3, 0.4) is 0 Å². The molecule has 2 fully saturated rings. The van der Waals surface area contributed by atoms with Gasteiger partial charge < -0.3 is 24.4 Å². The van der Waals surface area contributed by atoms with Crippen LogP contribution < -0.4 is 4.90 Å². The van der Waals surface area contributed by atoms with E-state index < -0.39 is 0 Å². The summed E-state index contributed by atoms with van der Waals surface area (Å²) in [6.07, 6.45) is 7.53. The van der Waals surface area contributed by atoms with Crippen molar-refractivity contribution in [3.05, 3.63) is 48.5 Å². The third-order valence-electron chi connectivity index (χ3n) is 6.75. The first-order chi connectivity index (χ1) is 16.2. The van der Waals surface area contributed by atoms with Crippen LogP contribution in [-0.2, 0) is 4.74 Å². The number of anilines is 1. The Hall–Kier alpha value is -3.43. The SMILES string of the molecule is CN1CCN(c2cnc3[nH]cc(-c4ccn5ncc(C(=O)N6CCOCC6)c5c4)c3c2)CC1. The van der Waals surface area contributed by atoms with E-state index in [2.05, 4.69) is 38.0 Å². The molecule has 0 spiro atoms. The van der Waals surface area contributed by atoms with Crippen LogP contribution in [0.25, 0.3) is 27.7 Å². The van der Waals surface area contributed by atoms with E-state index >= 15 is 0 Å². The second kappa shape index (κ2) is 8.17. The predicted molar refractivity (Wildman–Crippen MR) is 127 cm³/mol. The first-order valence-corrected chi connectivity index (χ1v) is 11.4. The Bertz CT molecular complexity index is 1310. The van der Waals surface area contributed by atoms with Gasteiger partial charge in [-0.25, -0.2) is 9.50 Å². The first-order valence-electron chi connectivity index (χ1n) is 11.4. The maximum atomic E-state index is 13.1. The Labute approximate surface area is 191 Å². The average molecular weight is 446 g/mol. The van der Waals surface area contributed by atoms with Crippen LogP contribution in [0, 0.1) is 0 Å². The van der Waals surface area contributed by atoms with Crippen LogP contribution >= 0.6 is 0 Å². The molecule has 0 saturated carbocycles. The van der Waals surface area contributed by atoms with Gasteiger partial charge in [0.1, 0.15) is 5.65 Å². The molecule has 0 bridgehead atoms. The standard InChI is InChI=1S/C24H27N7O2/c1-28-4-6-29(7-5-28)18-13-19-20(15-26-23(19)25-14-18)17-2-3-31-22(12-17)21(16-27-31)24(32)30-8-10-33-11-9-30/h2-3,12-16H,4-11H2,1H3,(H,25,26). The molecule has 1 amide bonds. The van der Waals surface area contributed by atoms with Gasteiger partial charge in [0.25, 0.3) is 5.91 Å². The summed E-state index contributed by atoms with van der Waals surface area (Å²) in [7, 11) is 2.16. The van der Waals surface area contributed by atoms with Gasteiger partial charge in [-0.3, -0.25) is 4.79 Å². The molecule has 2 saturated heterocycles. The highest BCUT2D eigenvalue weighted by Crippen LogP contribution is 2.32. The van der Waals surface area contributed by atoms with Gasteiger partial charge in [0.15, 0.2) is 0 Å². The van der Waals surface area contributed by atoms with Crippen LogP contribution in [0.1, 0.15) is 10.4 Å². The van der Waals surface area contributed by atoms with Crippen molar-refractivity contribution in [2.24, 2.45) is 0 Å². The number of aromatic nitrogens is 4. The van der Waals surface area contributed by atoms with Crippen molar-refractivity contribution in [2.75, 3.05) is 64.4 Å². The maximum Gasteiger partial charge on any atom is 0.257 e. The van der Waals surface area contributed by atoms with Gasteiger partial charge in [-0.15, -0.1) is 0 Å². The van der Waals surface area contributed by atoms with Crippen LogP contribution in [0.15, 0.2) is 43.0 Å². The zero-order valence-corrected chi connectivity index (χ0v) is 18.7. The fourth-order valence-corrected chi connectivity index (χ4v) is 4.72. The van der Waals surface area contributed by atoms with E-state index in [-0.39, 0.29) is 5.91 Å². The van der Waals surface area contributed by atoms with Gasteiger partial charge >= 0.3 is 0 Å². The zero-order valence-electron chi connectivity index (χ0n) is 18.7. The molecule has 0 aliphatic carbocycles. The average Bonchev–Trinajstić information content (AvgIpc) is 3.48. The molecule has 0 atom stereocenters. The molecule has 9 nitrogen and oxygen atoms in total. The number of aromatic amines is 1. The van der Waals surface area contributed by atoms with Crippen molar-refractivity contribution >= 4 is 28.1 Å². The van der Waals surface area contributed by atoms with E-state index in [1.165, 1.54) is 0 Å². The van der Waals surface area contributed by atoms with E-state index in [4.69, 9.17) is 4.74 Å². The fraction of sp³-hybridized carbons (Fsp3) is 0.375. The van der Waals surface area contributed by atoms with Crippen molar-refractivity contribution in [1.29, 1.82) is 0 Å². The second-order valence-electron chi connectivity index (χ2n) is 8.79. The number of nitrogens with zero attached hydrogens (tertiary/aromatic N) is 6. The summed E-state index contributed by atoms with van der Waals surface area (Å²) in [6, 6.07) is 6.31. The molecule has 0 aromatic carbocycles. The van der Waals surface area contributed by atoms with Crippen molar-refractivity contribution in [3.8, 4) is 11.1 Å². The first kappa shape index (κ1) is 20.2. The number of nitrogens with one attached hydrogen (secondary N) is 1. The Morgan fingerprint density at radius 1 is 1.06 bits per heavy atom. The minimum Gasteiger partial charge on any atom is -0.378 e. The molecule has 6 heterocycles. The quantitative estimate of drug-likeness (QED) is 0.520. The number of carbonyl (C=O) groups is 1. The number of rotatable bonds is 3. The fourth-order valence-electron chi connectivity index (χ4n) is 4.72. The summed E-state index contributed by atoms with van der Waals surface area (Å²) in [4.78, 5) is 27.7. The molecule has 2 aliphatic rings. The number of morpholine rings is 1. The molecule has 2 aliphatic heterocycles. The molecule has 33 heavy (non-hydrogen) atoms. The number of fused-ring (bicyclic) bond motifs is 2. The van der Waals surface area contributed by atoms with Crippen molar-refractivity contribution in [2.45, 2.75) is 0 Å². The molecule has 0 radical (unpaired) electrons. The van der Waals surface area contributed by atoms with Crippen LogP contribution in [0.2, 0.25) is 0 Å². The number of carbonyl (C=O) groups excluding carboxylic acids is 1. The van der Waals surface area contributed by atoms with E-state index in [0.29, 0.717) is 31.9 Å². The summed E-state index contributed by atoms with van der Waals surface area (Å²) in [5.74, 6) is 0.00314. The van der Waals surface area contributed by atoms with Crippen LogP contribution in [0.4, 0.5) is 5.69 Å². The molecule has 4 aromatic rings. The van der Waals surface area contributed by atoms with Crippen molar-refractivity contribution < 1.29 is 9.53 Å².